The van der Waals surface area contributed by atoms with E-state index in [9.17, 15) is 9.59 Å². The fourth-order valence-electron chi connectivity index (χ4n) is 1.21. The van der Waals surface area contributed by atoms with E-state index in [1.807, 2.05) is 0 Å². The molecule has 0 unspecified atom stereocenters. The molecule has 1 aromatic carbocycles. The van der Waals surface area contributed by atoms with Crippen LogP contribution >= 0.6 is 23.2 Å². The van der Waals surface area contributed by atoms with E-state index in [0.29, 0.717) is 21.9 Å². The maximum Gasteiger partial charge on any atom is 0.320 e. The molecule has 0 spiro atoms. The first-order valence-corrected chi connectivity index (χ1v) is 5.42. The van der Waals surface area contributed by atoms with E-state index in [-0.39, 0.29) is 6.61 Å². The van der Waals surface area contributed by atoms with Gasteiger partial charge in [0.1, 0.15) is 12.2 Å². The number of esters is 1. The van der Waals surface area contributed by atoms with Gasteiger partial charge in [-0.2, -0.15) is 0 Å². The molecule has 5 heteroatoms. The van der Waals surface area contributed by atoms with Crippen molar-refractivity contribution in [2.45, 2.75) is 12.8 Å². The Hall–Kier alpha value is -1.06. The smallest absolute Gasteiger partial charge is 0.320 e. The highest BCUT2D eigenvalue weighted by molar-refractivity contribution is 6.42. The largest absolute Gasteiger partial charge is 0.465 e. The van der Waals surface area contributed by atoms with Gasteiger partial charge in [-0.3, -0.25) is 4.79 Å². The number of benzene rings is 1. The molecule has 1 atom stereocenters. The van der Waals surface area contributed by atoms with Crippen molar-refractivity contribution in [3.05, 3.63) is 33.8 Å². The molecular weight excluding hydrogens is 251 g/mol. The zero-order chi connectivity index (χ0) is 12.1. The van der Waals surface area contributed by atoms with E-state index in [1.165, 1.54) is 12.1 Å². The van der Waals surface area contributed by atoms with Crippen LogP contribution in [0.1, 0.15) is 18.4 Å². The summed E-state index contributed by atoms with van der Waals surface area (Å²) >= 11 is 11.5. The molecular formula is C11H10Cl2O3. The van der Waals surface area contributed by atoms with E-state index in [4.69, 9.17) is 27.9 Å². The number of hydrogen-bond donors (Lipinski definition) is 0. The Bertz CT molecular complexity index is 404. The molecule has 0 aliphatic carbocycles. The van der Waals surface area contributed by atoms with Crippen LogP contribution in [0.25, 0.3) is 0 Å². The minimum absolute atomic E-state index is 0.227. The number of hydrogen-bond acceptors (Lipinski definition) is 3. The van der Waals surface area contributed by atoms with Gasteiger partial charge < -0.3 is 9.53 Å². The minimum atomic E-state index is -0.949. The van der Waals surface area contributed by atoms with Crippen LogP contribution < -0.4 is 0 Å². The van der Waals surface area contributed by atoms with Gasteiger partial charge in [0.25, 0.3) is 0 Å². The SMILES string of the molecule is CCOC(=O)[C@H](C=O)c1ccc(Cl)c(Cl)c1. The molecule has 16 heavy (non-hydrogen) atoms. The molecule has 0 saturated carbocycles. The molecule has 3 nitrogen and oxygen atoms in total. The van der Waals surface area contributed by atoms with Gasteiger partial charge in [0.05, 0.1) is 16.7 Å². The highest BCUT2D eigenvalue weighted by atomic mass is 35.5. The minimum Gasteiger partial charge on any atom is -0.465 e. The van der Waals surface area contributed by atoms with Gasteiger partial charge in [-0.25, -0.2) is 0 Å². The Morgan fingerprint density at radius 3 is 2.62 bits per heavy atom. The Morgan fingerprint density at radius 1 is 1.44 bits per heavy atom. The van der Waals surface area contributed by atoms with Crippen molar-refractivity contribution in [2.75, 3.05) is 6.61 Å². The van der Waals surface area contributed by atoms with Crippen LogP contribution in [0.3, 0.4) is 0 Å². The Balaban J connectivity index is 2.99. The summed E-state index contributed by atoms with van der Waals surface area (Å²) in [7, 11) is 0. The summed E-state index contributed by atoms with van der Waals surface area (Å²) in [5.41, 5.74) is 0.475. The maximum atomic E-state index is 11.4. The van der Waals surface area contributed by atoms with Crippen LogP contribution in [-0.2, 0) is 14.3 Å². The first kappa shape index (κ1) is 13.0. The monoisotopic (exact) mass is 260 g/mol. The third-order valence-corrected chi connectivity index (χ3v) is 2.72. The molecule has 0 fully saturated rings. The molecule has 1 aromatic rings. The Morgan fingerprint density at radius 2 is 2.12 bits per heavy atom. The second-order valence-corrected chi connectivity index (χ2v) is 3.85. The maximum absolute atomic E-state index is 11.4. The molecule has 0 aromatic heterocycles. The van der Waals surface area contributed by atoms with Gasteiger partial charge >= 0.3 is 5.97 Å². The van der Waals surface area contributed by atoms with Gasteiger partial charge in [-0.05, 0) is 24.6 Å². The first-order valence-electron chi connectivity index (χ1n) is 4.67. The van der Waals surface area contributed by atoms with Crippen molar-refractivity contribution in [1.82, 2.24) is 0 Å². The van der Waals surface area contributed by atoms with Crippen LogP contribution in [0, 0.1) is 0 Å². The summed E-state index contributed by atoms with van der Waals surface area (Å²) in [5, 5.41) is 0.675. The molecule has 1 rings (SSSR count). The number of ether oxygens (including phenoxy) is 1. The third kappa shape index (κ3) is 2.97. The zero-order valence-corrected chi connectivity index (χ0v) is 10.1. The third-order valence-electron chi connectivity index (χ3n) is 1.98. The Kier molecular flexibility index (Phi) is 4.77. The highest BCUT2D eigenvalue weighted by Gasteiger charge is 2.21. The average Bonchev–Trinajstić information content (AvgIpc) is 2.25. The molecule has 0 saturated heterocycles. The lowest BCUT2D eigenvalue weighted by Gasteiger charge is -2.10. The number of carbonyl (C=O) groups excluding carboxylic acids is 2. The van der Waals surface area contributed by atoms with Gasteiger partial charge in [0.15, 0.2) is 0 Å². The lowest BCUT2D eigenvalue weighted by molar-refractivity contribution is -0.146. The Labute approximate surface area is 103 Å². The van der Waals surface area contributed by atoms with Crippen LogP contribution in [0.15, 0.2) is 18.2 Å². The molecule has 0 amide bonds. The number of halogens is 2. The van der Waals surface area contributed by atoms with E-state index in [1.54, 1.807) is 13.0 Å². The van der Waals surface area contributed by atoms with E-state index in [2.05, 4.69) is 0 Å². The van der Waals surface area contributed by atoms with Crippen molar-refractivity contribution in [3.8, 4) is 0 Å². The average molecular weight is 261 g/mol. The lowest BCUT2D eigenvalue weighted by atomic mass is 10.0. The first-order chi connectivity index (χ1) is 7.60. The van der Waals surface area contributed by atoms with Crippen molar-refractivity contribution in [1.29, 1.82) is 0 Å². The lowest BCUT2D eigenvalue weighted by Crippen LogP contribution is -2.17. The number of aldehydes is 1. The quantitative estimate of drug-likeness (QED) is 0.475. The summed E-state index contributed by atoms with van der Waals surface area (Å²) < 4.78 is 4.77. The van der Waals surface area contributed by atoms with Crippen molar-refractivity contribution in [3.63, 3.8) is 0 Å². The van der Waals surface area contributed by atoms with Crippen molar-refractivity contribution in [2.24, 2.45) is 0 Å². The van der Waals surface area contributed by atoms with Crippen LogP contribution in [0.4, 0.5) is 0 Å². The van der Waals surface area contributed by atoms with Crippen molar-refractivity contribution < 1.29 is 14.3 Å². The molecule has 0 radical (unpaired) electrons. The fraction of sp³-hybridized carbons (Fsp3) is 0.273. The van der Waals surface area contributed by atoms with Gasteiger partial charge in [0.2, 0.25) is 0 Å². The zero-order valence-electron chi connectivity index (χ0n) is 8.57. The number of carbonyl (C=O) groups is 2. The molecule has 0 aliphatic heterocycles. The van der Waals surface area contributed by atoms with Crippen LogP contribution in [0.5, 0.6) is 0 Å². The molecule has 0 aliphatic rings. The second-order valence-electron chi connectivity index (χ2n) is 3.04. The molecule has 0 bridgehead atoms. The topological polar surface area (TPSA) is 43.4 Å². The van der Waals surface area contributed by atoms with E-state index in [0.717, 1.165) is 0 Å². The summed E-state index contributed by atoms with van der Waals surface area (Å²) in [4.78, 5) is 22.3. The summed E-state index contributed by atoms with van der Waals surface area (Å²) in [5.74, 6) is -1.54. The number of rotatable bonds is 4. The van der Waals surface area contributed by atoms with Crippen LogP contribution in [0.2, 0.25) is 10.0 Å². The standard InChI is InChI=1S/C11H10Cl2O3/c1-2-16-11(15)8(6-14)7-3-4-9(12)10(13)5-7/h3-6,8H,2H2,1H3/t8-/m1/s1. The van der Waals surface area contributed by atoms with Crippen molar-refractivity contribution >= 4 is 35.5 Å². The highest BCUT2D eigenvalue weighted by Crippen LogP contribution is 2.26. The van der Waals surface area contributed by atoms with Crippen LogP contribution in [-0.4, -0.2) is 18.9 Å². The van der Waals surface area contributed by atoms with Gasteiger partial charge in [-0.15, -0.1) is 0 Å². The normalized spacial score (nSPS) is 11.9. The molecule has 86 valence electrons. The molecule has 0 N–H and O–H groups in total. The van der Waals surface area contributed by atoms with E-state index >= 15 is 0 Å². The fourth-order valence-corrected chi connectivity index (χ4v) is 1.51. The second kappa shape index (κ2) is 5.87. The van der Waals surface area contributed by atoms with Gasteiger partial charge in [-0.1, -0.05) is 29.3 Å². The predicted molar refractivity (Wildman–Crippen MR) is 61.9 cm³/mol. The van der Waals surface area contributed by atoms with Gasteiger partial charge in [0, 0.05) is 0 Å². The van der Waals surface area contributed by atoms with E-state index < -0.39 is 11.9 Å². The summed E-state index contributed by atoms with van der Waals surface area (Å²) in [6.07, 6.45) is 0.525. The summed E-state index contributed by atoms with van der Waals surface area (Å²) in [6.45, 7) is 1.90. The molecule has 0 heterocycles. The predicted octanol–water partition coefficient (Wildman–Crippen LogP) is 2.84. The summed E-state index contributed by atoms with van der Waals surface area (Å²) in [6, 6.07) is 4.60.